The van der Waals surface area contributed by atoms with E-state index in [0.29, 0.717) is 11.3 Å². The number of hydrogen-bond donors (Lipinski definition) is 1. The van der Waals surface area contributed by atoms with E-state index in [4.69, 9.17) is 0 Å². The van der Waals surface area contributed by atoms with E-state index in [9.17, 15) is 13.2 Å². The number of nitrogens with one attached hydrogen (secondary N) is 1. The number of hydrogen-bond acceptors (Lipinski definition) is 5. The third-order valence-corrected chi connectivity index (χ3v) is 5.92. The fourth-order valence-electron chi connectivity index (χ4n) is 3.02. The van der Waals surface area contributed by atoms with Gasteiger partial charge in [-0.25, -0.2) is 13.8 Å². The lowest BCUT2D eigenvalue weighted by atomic mass is 10.2. The van der Waals surface area contributed by atoms with Crippen LogP contribution < -0.4 is 14.6 Å². The molecule has 8 heteroatoms. The van der Waals surface area contributed by atoms with Crippen molar-refractivity contribution in [1.82, 2.24) is 5.43 Å². The highest BCUT2D eigenvalue weighted by atomic mass is 32.2. The van der Waals surface area contributed by atoms with Gasteiger partial charge in [-0.15, -0.1) is 0 Å². The Balaban J connectivity index is 1.67. The summed E-state index contributed by atoms with van der Waals surface area (Å²) in [4.78, 5) is 14.4. The third kappa shape index (κ3) is 6.18. The Labute approximate surface area is 189 Å². The number of rotatable bonds is 8. The zero-order chi connectivity index (χ0) is 23.1. The van der Waals surface area contributed by atoms with Gasteiger partial charge >= 0.3 is 0 Å². The first-order valence-corrected chi connectivity index (χ1v) is 11.8. The van der Waals surface area contributed by atoms with E-state index in [1.807, 2.05) is 73.6 Å². The van der Waals surface area contributed by atoms with Gasteiger partial charge in [-0.1, -0.05) is 42.5 Å². The lowest BCUT2D eigenvalue weighted by Crippen LogP contribution is -2.29. The highest BCUT2D eigenvalue weighted by Gasteiger charge is 2.18. The Morgan fingerprint density at radius 1 is 0.906 bits per heavy atom. The summed E-state index contributed by atoms with van der Waals surface area (Å²) in [5.74, 6) is -0.383. The smallest absolute Gasteiger partial charge is 0.271 e. The van der Waals surface area contributed by atoms with Crippen LogP contribution in [0.15, 0.2) is 84.0 Å². The van der Waals surface area contributed by atoms with Crippen LogP contribution >= 0.6 is 0 Å². The molecule has 3 aromatic carbocycles. The normalized spacial score (nSPS) is 11.3. The van der Waals surface area contributed by atoms with E-state index >= 15 is 0 Å². The molecule has 1 N–H and O–H groups in total. The molecule has 0 unspecified atom stereocenters. The van der Waals surface area contributed by atoms with E-state index in [0.717, 1.165) is 23.1 Å². The fourth-order valence-corrected chi connectivity index (χ4v) is 3.91. The van der Waals surface area contributed by atoms with Crippen LogP contribution in [0.2, 0.25) is 0 Å². The number of amides is 1. The molecule has 1 amide bonds. The van der Waals surface area contributed by atoms with Gasteiger partial charge in [-0.05, 0) is 47.5 Å². The van der Waals surface area contributed by atoms with Crippen LogP contribution in [0.4, 0.5) is 11.4 Å². The monoisotopic (exact) mass is 450 g/mol. The Kier molecular flexibility index (Phi) is 7.27. The molecule has 0 spiro atoms. The van der Waals surface area contributed by atoms with Crippen molar-refractivity contribution in [1.29, 1.82) is 0 Å². The van der Waals surface area contributed by atoms with Gasteiger partial charge in [-0.2, -0.15) is 5.10 Å². The first-order chi connectivity index (χ1) is 15.2. The Hall–Kier alpha value is -3.65. The number of carbonyl (C=O) groups excluding carboxylic acids is 1. The van der Waals surface area contributed by atoms with Gasteiger partial charge in [-0.3, -0.25) is 9.10 Å². The van der Waals surface area contributed by atoms with Crippen LogP contribution in [-0.4, -0.2) is 40.9 Å². The first kappa shape index (κ1) is 23.0. The summed E-state index contributed by atoms with van der Waals surface area (Å²) in [6.45, 7) is 0.210. The molecule has 0 aliphatic rings. The van der Waals surface area contributed by atoms with Crippen molar-refractivity contribution >= 4 is 33.5 Å². The number of benzene rings is 3. The number of sulfonamides is 1. The fraction of sp³-hybridized carbons (Fsp3) is 0.167. The second-order valence-corrected chi connectivity index (χ2v) is 9.39. The molecule has 3 rings (SSSR count). The van der Waals surface area contributed by atoms with Crippen molar-refractivity contribution in [2.45, 2.75) is 6.54 Å². The highest BCUT2D eigenvalue weighted by Crippen LogP contribution is 2.21. The van der Waals surface area contributed by atoms with E-state index in [2.05, 4.69) is 10.5 Å². The lowest BCUT2D eigenvalue weighted by Gasteiger charge is -2.22. The zero-order valence-corrected chi connectivity index (χ0v) is 19.1. The van der Waals surface area contributed by atoms with Crippen LogP contribution in [0.5, 0.6) is 0 Å². The molecule has 0 saturated heterocycles. The largest absolute Gasteiger partial charge is 0.378 e. The number of nitrogens with zero attached hydrogens (tertiary/aromatic N) is 3. The maximum absolute atomic E-state index is 12.4. The summed E-state index contributed by atoms with van der Waals surface area (Å²) in [7, 11) is 0.431. The zero-order valence-electron chi connectivity index (χ0n) is 18.3. The number of hydrazone groups is 1. The molecule has 0 atom stereocenters. The molecule has 32 heavy (non-hydrogen) atoms. The Bertz CT molecular complexity index is 1170. The summed E-state index contributed by atoms with van der Waals surface area (Å²) in [6.07, 6.45) is 2.73. The first-order valence-electron chi connectivity index (χ1n) is 9.96. The number of anilines is 2. The second-order valence-electron chi connectivity index (χ2n) is 7.49. The highest BCUT2D eigenvalue weighted by molar-refractivity contribution is 7.92. The van der Waals surface area contributed by atoms with Crippen LogP contribution in [-0.2, 0) is 16.6 Å². The number of carbonyl (C=O) groups is 1. The van der Waals surface area contributed by atoms with Crippen molar-refractivity contribution in [3.63, 3.8) is 0 Å². The third-order valence-electron chi connectivity index (χ3n) is 4.78. The summed E-state index contributed by atoms with van der Waals surface area (Å²) in [5, 5.41) is 4.00. The van der Waals surface area contributed by atoms with Gasteiger partial charge < -0.3 is 4.90 Å². The van der Waals surface area contributed by atoms with Crippen LogP contribution in [0.25, 0.3) is 0 Å². The van der Waals surface area contributed by atoms with Gasteiger partial charge in [0.05, 0.1) is 24.7 Å². The van der Waals surface area contributed by atoms with Crippen LogP contribution in [0, 0.1) is 0 Å². The van der Waals surface area contributed by atoms with Crippen LogP contribution in [0.3, 0.4) is 0 Å². The standard InChI is InChI=1S/C24H26N4O3S/c1-27(2)22-13-9-19(10-14-22)17-25-26-24(29)21-11-15-23(16-12-21)28(32(3,30)31)18-20-7-5-4-6-8-20/h4-17H,18H2,1-3H3,(H,26,29)/b25-17-. The van der Waals surface area contributed by atoms with Crippen molar-refractivity contribution in [3.05, 3.63) is 95.6 Å². The van der Waals surface area contributed by atoms with E-state index in [1.54, 1.807) is 30.5 Å². The van der Waals surface area contributed by atoms with E-state index in [-0.39, 0.29) is 12.5 Å². The minimum Gasteiger partial charge on any atom is -0.378 e. The summed E-state index contributed by atoms with van der Waals surface area (Å²) in [6, 6.07) is 23.5. The average molecular weight is 451 g/mol. The van der Waals surface area contributed by atoms with Crippen molar-refractivity contribution < 1.29 is 13.2 Å². The van der Waals surface area contributed by atoms with E-state index < -0.39 is 10.0 Å². The van der Waals surface area contributed by atoms with Gasteiger partial charge in [0, 0.05) is 25.3 Å². The van der Waals surface area contributed by atoms with Gasteiger partial charge in [0.25, 0.3) is 5.91 Å². The van der Waals surface area contributed by atoms with Crippen molar-refractivity contribution in [3.8, 4) is 0 Å². The molecule has 0 fully saturated rings. The predicted molar refractivity (Wildman–Crippen MR) is 130 cm³/mol. The molecule has 0 bridgehead atoms. The summed E-state index contributed by atoms with van der Waals surface area (Å²) in [5.41, 5.74) is 6.15. The van der Waals surface area contributed by atoms with E-state index in [1.165, 1.54) is 4.31 Å². The van der Waals surface area contributed by atoms with Gasteiger partial charge in [0.15, 0.2) is 0 Å². The second kappa shape index (κ2) is 10.1. The minimum atomic E-state index is -3.50. The quantitative estimate of drug-likeness (QED) is 0.421. The maximum atomic E-state index is 12.4. The molecule has 0 radical (unpaired) electrons. The predicted octanol–water partition coefficient (Wildman–Crippen LogP) is 3.48. The van der Waals surface area contributed by atoms with Crippen molar-refractivity contribution in [2.75, 3.05) is 29.6 Å². The lowest BCUT2D eigenvalue weighted by molar-refractivity contribution is 0.0955. The molecule has 0 aliphatic heterocycles. The molecular formula is C24H26N4O3S. The van der Waals surface area contributed by atoms with Crippen LogP contribution in [0.1, 0.15) is 21.5 Å². The summed E-state index contributed by atoms with van der Waals surface area (Å²) >= 11 is 0. The van der Waals surface area contributed by atoms with Gasteiger partial charge in [0.2, 0.25) is 10.0 Å². The molecule has 0 heterocycles. The molecular weight excluding hydrogens is 424 g/mol. The van der Waals surface area contributed by atoms with Gasteiger partial charge in [0.1, 0.15) is 0 Å². The summed E-state index contributed by atoms with van der Waals surface area (Å²) < 4.78 is 25.9. The molecule has 166 valence electrons. The molecule has 0 aliphatic carbocycles. The van der Waals surface area contributed by atoms with Crippen molar-refractivity contribution in [2.24, 2.45) is 5.10 Å². The molecule has 0 aromatic heterocycles. The Morgan fingerprint density at radius 3 is 2.06 bits per heavy atom. The Morgan fingerprint density at radius 2 is 1.50 bits per heavy atom. The maximum Gasteiger partial charge on any atom is 0.271 e. The molecule has 0 saturated carbocycles. The average Bonchev–Trinajstić information content (AvgIpc) is 2.78. The topological polar surface area (TPSA) is 82.1 Å². The SMILES string of the molecule is CN(C)c1ccc(/C=N\NC(=O)c2ccc(N(Cc3ccccc3)S(C)(=O)=O)cc2)cc1. The minimum absolute atomic E-state index is 0.210. The molecule has 7 nitrogen and oxygen atoms in total. The molecule has 3 aromatic rings.